The van der Waals surface area contributed by atoms with Crippen molar-refractivity contribution in [3.8, 4) is 5.75 Å². The molecule has 33 heavy (non-hydrogen) atoms. The summed E-state index contributed by atoms with van der Waals surface area (Å²) in [5.74, 6) is 1.39. The van der Waals surface area contributed by atoms with Gasteiger partial charge in [0.05, 0.1) is 36.4 Å². The van der Waals surface area contributed by atoms with Crippen LogP contribution in [0.5, 0.6) is 5.75 Å². The third-order valence-electron chi connectivity index (χ3n) is 6.21. The summed E-state index contributed by atoms with van der Waals surface area (Å²) in [5, 5.41) is 16.7. The predicted octanol–water partition coefficient (Wildman–Crippen LogP) is 5.49. The van der Waals surface area contributed by atoms with Gasteiger partial charge in [0.25, 0.3) is 0 Å². The predicted molar refractivity (Wildman–Crippen MR) is 133 cm³/mol. The molecule has 4 aromatic rings. The summed E-state index contributed by atoms with van der Waals surface area (Å²) in [4.78, 5) is 4.79. The molecule has 0 saturated carbocycles. The Kier molecular flexibility index (Phi) is 6.37. The zero-order valence-electron chi connectivity index (χ0n) is 18.5. The third-order valence-corrected chi connectivity index (χ3v) is 6.58. The topological polar surface area (TPSA) is 72.0 Å². The molecular formula is C26H26ClN5O. The maximum atomic E-state index is 6.39. The summed E-state index contributed by atoms with van der Waals surface area (Å²) >= 11 is 6.39. The van der Waals surface area contributed by atoms with E-state index in [0.717, 1.165) is 70.2 Å². The van der Waals surface area contributed by atoms with Crippen LogP contribution in [0.3, 0.4) is 0 Å². The van der Waals surface area contributed by atoms with Gasteiger partial charge in [0.15, 0.2) is 0 Å². The first-order chi connectivity index (χ1) is 16.2. The summed E-state index contributed by atoms with van der Waals surface area (Å²) in [6.07, 6.45) is 6.34. The molecule has 0 amide bonds. The van der Waals surface area contributed by atoms with E-state index in [2.05, 4.69) is 39.0 Å². The third kappa shape index (κ3) is 4.77. The minimum Gasteiger partial charge on any atom is -0.495 e. The maximum absolute atomic E-state index is 6.39. The van der Waals surface area contributed by atoms with Gasteiger partial charge in [-0.25, -0.2) is 0 Å². The van der Waals surface area contributed by atoms with Crippen molar-refractivity contribution >= 4 is 33.9 Å². The molecule has 7 heteroatoms. The maximum Gasteiger partial charge on any atom is 0.142 e. The van der Waals surface area contributed by atoms with E-state index < -0.39 is 0 Å². The second-order valence-corrected chi connectivity index (χ2v) is 8.73. The zero-order chi connectivity index (χ0) is 22.6. The van der Waals surface area contributed by atoms with E-state index >= 15 is 0 Å². The molecule has 0 atom stereocenters. The van der Waals surface area contributed by atoms with Crippen molar-refractivity contribution in [1.82, 2.24) is 20.5 Å². The van der Waals surface area contributed by atoms with Gasteiger partial charge in [0.2, 0.25) is 0 Å². The van der Waals surface area contributed by atoms with Gasteiger partial charge in [-0.05, 0) is 67.2 Å². The lowest BCUT2D eigenvalue weighted by Crippen LogP contribution is -2.26. The first kappa shape index (κ1) is 21.6. The van der Waals surface area contributed by atoms with Crippen LogP contribution in [0.1, 0.15) is 35.6 Å². The number of ether oxygens (including phenoxy) is 1. The lowest BCUT2D eigenvalue weighted by atomic mass is 9.90. The smallest absolute Gasteiger partial charge is 0.142 e. The first-order valence-electron chi connectivity index (χ1n) is 11.2. The Morgan fingerprint density at radius 2 is 1.85 bits per heavy atom. The average molecular weight is 460 g/mol. The summed E-state index contributed by atoms with van der Waals surface area (Å²) in [7, 11) is 1.71. The van der Waals surface area contributed by atoms with Crippen molar-refractivity contribution in [2.45, 2.75) is 25.2 Å². The Labute approximate surface area is 198 Å². The van der Waals surface area contributed by atoms with Crippen LogP contribution in [-0.2, 0) is 6.42 Å². The number of aromatic nitrogens is 3. The minimum absolute atomic E-state index is 0.563. The van der Waals surface area contributed by atoms with Gasteiger partial charge >= 0.3 is 0 Å². The van der Waals surface area contributed by atoms with Crippen molar-refractivity contribution in [3.05, 3.63) is 82.8 Å². The average Bonchev–Trinajstić information content (AvgIpc) is 2.86. The van der Waals surface area contributed by atoms with Crippen LogP contribution in [-0.4, -0.2) is 35.4 Å². The van der Waals surface area contributed by atoms with Gasteiger partial charge < -0.3 is 15.4 Å². The first-order valence-corrected chi connectivity index (χ1v) is 11.6. The molecule has 0 radical (unpaired) electrons. The van der Waals surface area contributed by atoms with Crippen molar-refractivity contribution in [3.63, 3.8) is 0 Å². The number of hydrogen-bond donors (Lipinski definition) is 2. The highest BCUT2D eigenvalue weighted by molar-refractivity contribution is 6.31. The molecule has 2 N–H and O–H groups in total. The lowest BCUT2D eigenvalue weighted by molar-refractivity contribution is 0.413. The molecule has 0 spiro atoms. The molecule has 1 fully saturated rings. The molecular weight excluding hydrogens is 434 g/mol. The second-order valence-electron chi connectivity index (χ2n) is 8.33. The molecule has 0 aliphatic carbocycles. The Morgan fingerprint density at radius 1 is 1.03 bits per heavy atom. The lowest BCUT2D eigenvalue weighted by Gasteiger charge is -2.24. The molecule has 0 unspecified atom stereocenters. The summed E-state index contributed by atoms with van der Waals surface area (Å²) in [5.41, 5.74) is 5.85. The number of nitrogens with zero attached hydrogens (tertiary/aromatic N) is 3. The number of nitrogens with one attached hydrogen (secondary N) is 2. The molecule has 5 rings (SSSR count). The molecule has 168 valence electrons. The highest BCUT2D eigenvalue weighted by Crippen LogP contribution is 2.35. The van der Waals surface area contributed by atoms with Gasteiger partial charge in [-0.15, -0.1) is 0 Å². The van der Waals surface area contributed by atoms with E-state index in [0.29, 0.717) is 12.3 Å². The molecule has 3 heterocycles. The normalized spacial score (nSPS) is 14.4. The number of methoxy groups -OCH3 is 1. The van der Waals surface area contributed by atoms with Crippen LogP contribution in [0.4, 0.5) is 11.4 Å². The number of rotatable bonds is 6. The van der Waals surface area contributed by atoms with E-state index in [1.54, 1.807) is 19.5 Å². The van der Waals surface area contributed by atoms with Gasteiger partial charge in [-0.2, -0.15) is 10.2 Å². The Morgan fingerprint density at radius 3 is 2.67 bits per heavy atom. The Balaban J connectivity index is 1.49. The quantitative estimate of drug-likeness (QED) is 0.397. The molecule has 2 aromatic heterocycles. The van der Waals surface area contributed by atoms with Gasteiger partial charge in [-0.3, -0.25) is 4.98 Å². The van der Waals surface area contributed by atoms with E-state index in [4.69, 9.17) is 21.3 Å². The number of halogens is 1. The van der Waals surface area contributed by atoms with Crippen LogP contribution >= 0.6 is 11.6 Å². The minimum atomic E-state index is 0.563. The van der Waals surface area contributed by atoms with Crippen LogP contribution in [0, 0.1) is 0 Å². The number of pyridine rings is 1. The van der Waals surface area contributed by atoms with E-state index in [9.17, 15) is 0 Å². The molecule has 2 aromatic carbocycles. The van der Waals surface area contributed by atoms with Crippen LogP contribution in [0.15, 0.2) is 60.9 Å². The van der Waals surface area contributed by atoms with Crippen molar-refractivity contribution in [2.75, 3.05) is 25.5 Å². The highest BCUT2D eigenvalue weighted by atomic mass is 35.5. The second kappa shape index (κ2) is 9.73. The fourth-order valence-corrected chi connectivity index (χ4v) is 4.64. The van der Waals surface area contributed by atoms with Gasteiger partial charge in [0.1, 0.15) is 5.75 Å². The summed E-state index contributed by atoms with van der Waals surface area (Å²) in [6, 6.07) is 16.4. The van der Waals surface area contributed by atoms with Crippen LogP contribution < -0.4 is 15.4 Å². The fraction of sp³-hybridized carbons (Fsp3) is 0.269. The number of piperidine rings is 1. The standard InChI is InChI=1S/C26H26ClN5O/c1-33-26-13-18(17-8-10-28-11-9-17)6-7-23(26)32-24-14-20(12-19-4-2-3-5-22(19)27)31-25-16-30-29-15-21(24)25/h2-7,13-17,28H,8-12H2,1H3,(H,31,32). The highest BCUT2D eigenvalue weighted by Gasteiger charge is 2.17. The number of anilines is 2. The van der Waals surface area contributed by atoms with Gasteiger partial charge in [-0.1, -0.05) is 35.9 Å². The number of benzene rings is 2. The Hall–Kier alpha value is -3.22. The van der Waals surface area contributed by atoms with Crippen LogP contribution in [0.25, 0.3) is 10.9 Å². The monoisotopic (exact) mass is 459 g/mol. The Bertz CT molecular complexity index is 1270. The summed E-state index contributed by atoms with van der Waals surface area (Å²) < 4.78 is 5.76. The SMILES string of the molecule is COc1cc(C2CCNCC2)ccc1Nc1cc(Cc2ccccc2Cl)nc2cnncc12. The van der Waals surface area contributed by atoms with Crippen molar-refractivity contribution in [2.24, 2.45) is 0 Å². The molecule has 1 saturated heterocycles. The van der Waals surface area contributed by atoms with E-state index in [1.165, 1.54) is 5.56 Å². The molecule has 1 aliphatic rings. The largest absolute Gasteiger partial charge is 0.495 e. The number of hydrogen-bond acceptors (Lipinski definition) is 6. The van der Waals surface area contributed by atoms with Crippen LogP contribution in [0.2, 0.25) is 5.02 Å². The molecule has 1 aliphatic heterocycles. The van der Waals surface area contributed by atoms with E-state index in [-0.39, 0.29) is 0 Å². The molecule has 6 nitrogen and oxygen atoms in total. The van der Waals surface area contributed by atoms with Crippen molar-refractivity contribution in [1.29, 1.82) is 0 Å². The van der Waals surface area contributed by atoms with Crippen molar-refractivity contribution < 1.29 is 4.74 Å². The van der Waals surface area contributed by atoms with Gasteiger partial charge in [0, 0.05) is 22.5 Å². The van der Waals surface area contributed by atoms with E-state index in [1.807, 2.05) is 30.3 Å². The molecule has 0 bridgehead atoms. The summed E-state index contributed by atoms with van der Waals surface area (Å²) in [6.45, 7) is 2.12. The fourth-order valence-electron chi connectivity index (χ4n) is 4.44. The number of fused-ring (bicyclic) bond motifs is 1. The zero-order valence-corrected chi connectivity index (χ0v) is 19.3.